The summed E-state index contributed by atoms with van der Waals surface area (Å²) in [6.45, 7) is 6.70. The number of carbonyl (C=O) groups excluding carboxylic acids is 1. The van der Waals surface area contributed by atoms with E-state index in [0.29, 0.717) is 18.9 Å². The van der Waals surface area contributed by atoms with Crippen LogP contribution in [-0.2, 0) is 4.74 Å². The molecule has 1 saturated heterocycles. The predicted molar refractivity (Wildman–Crippen MR) is 83.4 cm³/mol. The summed E-state index contributed by atoms with van der Waals surface area (Å²) >= 11 is 0. The number of likely N-dealkylation sites (tertiary alicyclic amines) is 1. The monoisotopic (exact) mass is 322 g/mol. The highest BCUT2D eigenvalue weighted by Gasteiger charge is 2.27. The maximum Gasteiger partial charge on any atom is 0.410 e. The Morgan fingerprint density at radius 1 is 1.30 bits per heavy atom. The average Bonchev–Trinajstić information content (AvgIpc) is 2.46. The molecule has 1 aliphatic heterocycles. The second kappa shape index (κ2) is 6.80. The second-order valence-corrected chi connectivity index (χ2v) is 6.48. The van der Waals surface area contributed by atoms with Crippen molar-refractivity contribution in [1.82, 2.24) is 14.9 Å². The second-order valence-electron chi connectivity index (χ2n) is 6.48. The van der Waals surface area contributed by atoms with Gasteiger partial charge in [-0.3, -0.25) is 0 Å². The Labute approximate surface area is 134 Å². The van der Waals surface area contributed by atoms with E-state index in [1.165, 1.54) is 12.4 Å². The number of aromatic carboxylic acids is 1. The number of nitrogens with one attached hydrogen (secondary N) is 1. The highest BCUT2D eigenvalue weighted by molar-refractivity contribution is 5.86. The molecule has 0 aliphatic carbocycles. The van der Waals surface area contributed by atoms with Crippen LogP contribution in [0, 0.1) is 0 Å². The minimum absolute atomic E-state index is 0.0475. The SMILES string of the molecule is CC(C)(C)OC(=O)N1CCC(Nc2cc(C(=O)O)ncn2)CC1. The highest BCUT2D eigenvalue weighted by atomic mass is 16.6. The Morgan fingerprint density at radius 2 is 1.96 bits per heavy atom. The summed E-state index contributed by atoms with van der Waals surface area (Å²) in [7, 11) is 0. The van der Waals surface area contributed by atoms with Gasteiger partial charge < -0.3 is 20.1 Å². The van der Waals surface area contributed by atoms with Crippen LogP contribution in [0.15, 0.2) is 12.4 Å². The highest BCUT2D eigenvalue weighted by Crippen LogP contribution is 2.18. The molecule has 1 fully saturated rings. The number of anilines is 1. The van der Waals surface area contributed by atoms with Gasteiger partial charge in [-0.15, -0.1) is 0 Å². The normalized spacial score (nSPS) is 16.0. The minimum atomic E-state index is -1.09. The number of ether oxygens (including phenoxy) is 1. The van der Waals surface area contributed by atoms with E-state index >= 15 is 0 Å². The maximum atomic E-state index is 12.0. The van der Waals surface area contributed by atoms with Crippen molar-refractivity contribution in [3.63, 3.8) is 0 Å². The first-order valence-corrected chi connectivity index (χ1v) is 7.54. The summed E-state index contributed by atoms with van der Waals surface area (Å²) in [5, 5.41) is 12.1. The fourth-order valence-electron chi connectivity index (χ4n) is 2.30. The van der Waals surface area contributed by atoms with Crippen molar-refractivity contribution in [2.75, 3.05) is 18.4 Å². The van der Waals surface area contributed by atoms with Gasteiger partial charge >= 0.3 is 12.1 Å². The zero-order valence-corrected chi connectivity index (χ0v) is 13.6. The standard InChI is InChI=1S/C15H22N4O4/c1-15(2,3)23-14(22)19-6-4-10(5-7-19)18-12-8-11(13(20)21)16-9-17-12/h8-10H,4-7H2,1-3H3,(H,20,21)(H,16,17,18). The summed E-state index contributed by atoms with van der Waals surface area (Å²) < 4.78 is 5.35. The summed E-state index contributed by atoms with van der Waals surface area (Å²) in [5.74, 6) is -0.608. The molecular weight excluding hydrogens is 300 g/mol. The Bertz CT molecular complexity index is 577. The van der Waals surface area contributed by atoms with E-state index in [1.807, 2.05) is 20.8 Å². The summed E-state index contributed by atoms with van der Waals surface area (Å²) in [5.41, 5.74) is -0.547. The van der Waals surface area contributed by atoms with Gasteiger partial charge in [0.1, 0.15) is 17.7 Å². The Hall–Kier alpha value is -2.38. The number of amides is 1. The van der Waals surface area contributed by atoms with Gasteiger partial charge in [0.25, 0.3) is 0 Å². The van der Waals surface area contributed by atoms with Crippen LogP contribution < -0.4 is 5.32 Å². The minimum Gasteiger partial charge on any atom is -0.477 e. The van der Waals surface area contributed by atoms with E-state index in [4.69, 9.17) is 9.84 Å². The molecule has 2 heterocycles. The van der Waals surface area contributed by atoms with Gasteiger partial charge in [-0.2, -0.15) is 0 Å². The number of hydrogen-bond donors (Lipinski definition) is 2. The lowest BCUT2D eigenvalue weighted by molar-refractivity contribution is 0.0210. The molecule has 2 N–H and O–H groups in total. The van der Waals surface area contributed by atoms with E-state index < -0.39 is 11.6 Å². The lowest BCUT2D eigenvalue weighted by Gasteiger charge is -2.33. The van der Waals surface area contributed by atoms with E-state index in [0.717, 1.165) is 12.8 Å². The first-order valence-electron chi connectivity index (χ1n) is 7.54. The van der Waals surface area contributed by atoms with E-state index in [-0.39, 0.29) is 17.8 Å². The third-order valence-electron chi connectivity index (χ3n) is 3.38. The number of nitrogens with zero attached hydrogens (tertiary/aromatic N) is 3. The Balaban J connectivity index is 1.86. The molecule has 0 unspecified atom stereocenters. The Morgan fingerprint density at radius 3 is 2.52 bits per heavy atom. The molecular formula is C15H22N4O4. The van der Waals surface area contributed by atoms with Gasteiger partial charge in [0.2, 0.25) is 0 Å². The van der Waals surface area contributed by atoms with Crippen molar-refractivity contribution in [2.24, 2.45) is 0 Å². The first-order chi connectivity index (χ1) is 10.7. The molecule has 1 aromatic heterocycles. The Kier molecular flexibility index (Phi) is 5.02. The van der Waals surface area contributed by atoms with Crippen molar-refractivity contribution in [3.8, 4) is 0 Å². The van der Waals surface area contributed by atoms with E-state index in [1.54, 1.807) is 4.90 Å². The van der Waals surface area contributed by atoms with Crippen LogP contribution in [0.5, 0.6) is 0 Å². The molecule has 1 aromatic rings. The molecule has 0 radical (unpaired) electrons. The lowest BCUT2D eigenvalue weighted by Crippen LogP contribution is -2.44. The van der Waals surface area contributed by atoms with E-state index in [2.05, 4.69) is 15.3 Å². The third kappa shape index (κ3) is 5.08. The number of carboxylic acid groups (broad SMARTS) is 1. The molecule has 0 spiro atoms. The number of hydrogen-bond acceptors (Lipinski definition) is 6. The van der Waals surface area contributed by atoms with Crippen LogP contribution in [0.25, 0.3) is 0 Å². The molecule has 8 nitrogen and oxygen atoms in total. The molecule has 0 bridgehead atoms. The fraction of sp³-hybridized carbons (Fsp3) is 0.600. The molecule has 23 heavy (non-hydrogen) atoms. The number of carbonyl (C=O) groups is 2. The smallest absolute Gasteiger partial charge is 0.410 e. The van der Waals surface area contributed by atoms with Crippen molar-refractivity contribution < 1.29 is 19.4 Å². The number of carboxylic acids is 1. The molecule has 0 aromatic carbocycles. The molecule has 126 valence electrons. The van der Waals surface area contributed by atoms with Crippen molar-refractivity contribution in [3.05, 3.63) is 18.1 Å². The van der Waals surface area contributed by atoms with Crippen molar-refractivity contribution in [2.45, 2.75) is 45.3 Å². The molecule has 1 amide bonds. The number of piperidine rings is 1. The summed E-state index contributed by atoms with van der Waals surface area (Å²) in [4.78, 5) is 32.3. The van der Waals surface area contributed by atoms with Crippen LogP contribution in [0.2, 0.25) is 0 Å². The van der Waals surface area contributed by atoms with Gasteiger partial charge in [-0.05, 0) is 33.6 Å². The fourth-order valence-corrected chi connectivity index (χ4v) is 2.30. The average molecular weight is 322 g/mol. The van der Waals surface area contributed by atoms with Crippen molar-refractivity contribution >= 4 is 17.9 Å². The zero-order valence-electron chi connectivity index (χ0n) is 13.6. The summed E-state index contributed by atoms with van der Waals surface area (Å²) in [6, 6.07) is 1.54. The van der Waals surface area contributed by atoms with Crippen LogP contribution in [0.1, 0.15) is 44.1 Å². The van der Waals surface area contributed by atoms with Gasteiger partial charge in [-0.25, -0.2) is 19.6 Å². The van der Waals surface area contributed by atoms with Crippen LogP contribution in [-0.4, -0.2) is 56.8 Å². The van der Waals surface area contributed by atoms with Crippen LogP contribution >= 0.6 is 0 Å². The predicted octanol–water partition coefficient (Wildman–Crippen LogP) is 1.99. The topological polar surface area (TPSA) is 105 Å². The van der Waals surface area contributed by atoms with Gasteiger partial charge in [0, 0.05) is 25.2 Å². The maximum absolute atomic E-state index is 12.0. The summed E-state index contributed by atoms with van der Waals surface area (Å²) in [6.07, 6.45) is 2.41. The van der Waals surface area contributed by atoms with Gasteiger partial charge in [0.05, 0.1) is 0 Å². The molecule has 0 saturated carbocycles. The first kappa shape index (κ1) is 17.0. The quantitative estimate of drug-likeness (QED) is 0.876. The third-order valence-corrected chi connectivity index (χ3v) is 3.38. The molecule has 0 atom stereocenters. The molecule has 2 rings (SSSR count). The van der Waals surface area contributed by atoms with E-state index in [9.17, 15) is 9.59 Å². The molecule has 8 heteroatoms. The largest absolute Gasteiger partial charge is 0.477 e. The van der Waals surface area contributed by atoms with Crippen molar-refractivity contribution in [1.29, 1.82) is 0 Å². The molecule has 1 aliphatic rings. The number of aromatic nitrogens is 2. The zero-order chi connectivity index (χ0) is 17.0. The lowest BCUT2D eigenvalue weighted by atomic mass is 10.1. The van der Waals surface area contributed by atoms with Gasteiger partial charge in [0.15, 0.2) is 5.69 Å². The van der Waals surface area contributed by atoms with Gasteiger partial charge in [-0.1, -0.05) is 0 Å². The van der Waals surface area contributed by atoms with Crippen LogP contribution in [0.4, 0.5) is 10.6 Å². The van der Waals surface area contributed by atoms with Crippen LogP contribution in [0.3, 0.4) is 0 Å². The number of rotatable bonds is 3.